The smallest absolute Gasteiger partial charge is 0.243 e. The van der Waals surface area contributed by atoms with E-state index in [0.717, 1.165) is 31.4 Å². The first-order valence-corrected chi connectivity index (χ1v) is 7.86. The normalized spacial score (nSPS) is 25.4. The lowest BCUT2D eigenvalue weighted by atomic mass is 10.0. The van der Waals surface area contributed by atoms with Crippen molar-refractivity contribution in [3.63, 3.8) is 0 Å². The third kappa shape index (κ3) is 2.74. The molecule has 0 aromatic heterocycles. The van der Waals surface area contributed by atoms with Crippen LogP contribution in [-0.4, -0.2) is 24.8 Å². The average molecular weight is 286 g/mol. The van der Waals surface area contributed by atoms with Crippen LogP contribution in [0.3, 0.4) is 0 Å². The molecule has 2 atom stereocenters. The number of nitrogens with zero attached hydrogens (tertiary/aromatic N) is 1. The molecule has 1 aromatic rings. The first kappa shape index (κ1) is 14.3. The molecule has 2 N–H and O–H groups in total. The molecule has 2 rings (SSSR count). The lowest BCUT2D eigenvalue weighted by Crippen LogP contribution is -2.47. The highest BCUT2D eigenvalue weighted by atomic mass is 32.2. The fourth-order valence-corrected chi connectivity index (χ4v) is 4.67. The molecule has 0 radical (unpaired) electrons. The molecule has 4 nitrogen and oxygen atoms in total. The lowest BCUT2D eigenvalue weighted by Gasteiger charge is -2.37. The largest absolute Gasteiger partial charge is 0.399 e. The molecule has 0 aliphatic carbocycles. The number of hydrogen-bond donors (Lipinski definition) is 1. The van der Waals surface area contributed by atoms with Crippen molar-refractivity contribution in [1.82, 2.24) is 4.31 Å². The number of halogens is 1. The number of benzene rings is 1. The summed E-state index contributed by atoms with van der Waals surface area (Å²) in [5.41, 5.74) is 5.65. The second-order valence-corrected chi connectivity index (χ2v) is 7.03. The van der Waals surface area contributed by atoms with Gasteiger partial charge in [0.25, 0.3) is 0 Å². The lowest BCUT2D eigenvalue weighted by molar-refractivity contribution is 0.204. The van der Waals surface area contributed by atoms with Crippen molar-refractivity contribution in [3.8, 4) is 0 Å². The Morgan fingerprint density at radius 1 is 1.21 bits per heavy atom. The maximum absolute atomic E-state index is 13.4. The van der Waals surface area contributed by atoms with Crippen molar-refractivity contribution in [2.75, 3.05) is 5.73 Å². The predicted octanol–water partition coefficient (Wildman–Crippen LogP) is 2.36. The predicted molar refractivity (Wildman–Crippen MR) is 72.6 cm³/mol. The van der Waals surface area contributed by atoms with E-state index in [4.69, 9.17) is 5.73 Å². The minimum Gasteiger partial charge on any atom is -0.399 e. The Kier molecular flexibility index (Phi) is 3.82. The fraction of sp³-hybridized carbons (Fsp3) is 0.538. The van der Waals surface area contributed by atoms with Crippen LogP contribution in [0.4, 0.5) is 10.1 Å². The standard InChI is InChI=1S/C13H19FN2O2S/c1-9-4-3-5-10(2)16(9)19(17,18)13-7-11(14)6-12(15)8-13/h6-10H,3-5,15H2,1-2H3. The number of nitrogen functional groups attached to an aromatic ring is 1. The molecule has 1 aliphatic heterocycles. The van der Waals surface area contributed by atoms with Crippen molar-refractivity contribution in [1.29, 1.82) is 0 Å². The topological polar surface area (TPSA) is 63.4 Å². The van der Waals surface area contributed by atoms with Crippen LogP contribution in [0.1, 0.15) is 33.1 Å². The van der Waals surface area contributed by atoms with Crippen molar-refractivity contribution in [2.24, 2.45) is 0 Å². The molecule has 1 saturated heterocycles. The molecule has 0 bridgehead atoms. The molecule has 2 unspecified atom stereocenters. The number of anilines is 1. The maximum atomic E-state index is 13.4. The zero-order valence-electron chi connectivity index (χ0n) is 11.1. The van der Waals surface area contributed by atoms with E-state index in [2.05, 4.69) is 0 Å². The summed E-state index contributed by atoms with van der Waals surface area (Å²) in [7, 11) is -3.69. The van der Waals surface area contributed by atoms with Crippen LogP contribution in [0.25, 0.3) is 0 Å². The van der Waals surface area contributed by atoms with Crippen LogP contribution in [0.5, 0.6) is 0 Å². The molecule has 6 heteroatoms. The summed E-state index contributed by atoms with van der Waals surface area (Å²) in [5, 5.41) is 0. The first-order valence-electron chi connectivity index (χ1n) is 6.42. The summed E-state index contributed by atoms with van der Waals surface area (Å²) in [6.07, 6.45) is 2.67. The number of hydrogen-bond acceptors (Lipinski definition) is 3. The van der Waals surface area contributed by atoms with Gasteiger partial charge in [-0.25, -0.2) is 12.8 Å². The summed E-state index contributed by atoms with van der Waals surface area (Å²) in [4.78, 5) is -0.0643. The second kappa shape index (κ2) is 5.09. The Labute approximate surface area is 113 Å². The molecule has 1 fully saturated rings. The maximum Gasteiger partial charge on any atom is 0.243 e. The van der Waals surface area contributed by atoms with Crippen LogP contribution < -0.4 is 5.73 Å². The van der Waals surface area contributed by atoms with Gasteiger partial charge in [-0.1, -0.05) is 6.42 Å². The Balaban J connectivity index is 2.46. The van der Waals surface area contributed by atoms with Crippen LogP contribution in [0.15, 0.2) is 23.1 Å². The van der Waals surface area contributed by atoms with Crippen molar-refractivity contribution in [2.45, 2.75) is 50.1 Å². The SMILES string of the molecule is CC1CCCC(C)N1S(=O)(=O)c1cc(N)cc(F)c1. The van der Waals surface area contributed by atoms with Crippen molar-refractivity contribution >= 4 is 15.7 Å². The zero-order valence-corrected chi connectivity index (χ0v) is 12.0. The third-order valence-electron chi connectivity index (χ3n) is 3.58. The van der Waals surface area contributed by atoms with E-state index in [9.17, 15) is 12.8 Å². The molecule has 0 spiro atoms. The number of piperidine rings is 1. The molecular weight excluding hydrogens is 267 g/mol. The second-order valence-electron chi connectivity index (χ2n) is 5.18. The van der Waals surface area contributed by atoms with Crippen LogP contribution in [-0.2, 0) is 10.0 Å². The summed E-state index contributed by atoms with van der Waals surface area (Å²) in [6.45, 7) is 3.77. The van der Waals surface area contributed by atoms with E-state index in [1.54, 1.807) is 0 Å². The van der Waals surface area contributed by atoms with E-state index in [1.807, 2.05) is 13.8 Å². The Morgan fingerprint density at radius 2 is 1.79 bits per heavy atom. The molecule has 0 amide bonds. The number of sulfonamides is 1. The van der Waals surface area contributed by atoms with E-state index < -0.39 is 15.8 Å². The molecular formula is C13H19FN2O2S. The third-order valence-corrected chi connectivity index (χ3v) is 5.69. The summed E-state index contributed by atoms with van der Waals surface area (Å²) < 4.78 is 40.1. The molecule has 1 aliphatic rings. The fourth-order valence-electron chi connectivity index (χ4n) is 2.73. The average Bonchev–Trinajstić information content (AvgIpc) is 2.26. The van der Waals surface area contributed by atoms with E-state index in [1.165, 1.54) is 10.4 Å². The van der Waals surface area contributed by atoms with Gasteiger partial charge < -0.3 is 5.73 Å². The van der Waals surface area contributed by atoms with E-state index in [-0.39, 0.29) is 22.7 Å². The first-order chi connectivity index (χ1) is 8.82. The minimum atomic E-state index is -3.69. The highest BCUT2D eigenvalue weighted by molar-refractivity contribution is 7.89. The van der Waals surface area contributed by atoms with Gasteiger partial charge in [0.2, 0.25) is 10.0 Å². The van der Waals surface area contributed by atoms with Gasteiger partial charge in [0.1, 0.15) is 5.82 Å². The molecule has 1 aromatic carbocycles. The Hall–Kier alpha value is -1.14. The van der Waals surface area contributed by atoms with Gasteiger partial charge >= 0.3 is 0 Å². The highest BCUT2D eigenvalue weighted by Crippen LogP contribution is 2.30. The van der Waals surface area contributed by atoms with Gasteiger partial charge in [0, 0.05) is 17.8 Å². The van der Waals surface area contributed by atoms with Crippen LogP contribution in [0.2, 0.25) is 0 Å². The summed E-state index contributed by atoms with van der Waals surface area (Å²) in [6, 6.07) is 3.31. The highest BCUT2D eigenvalue weighted by Gasteiger charge is 2.35. The summed E-state index contributed by atoms with van der Waals surface area (Å²) >= 11 is 0. The molecule has 106 valence electrons. The van der Waals surface area contributed by atoms with Gasteiger partial charge in [-0.05, 0) is 44.9 Å². The van der Waals surface area contributed by atoms with Gasteiger partial charge in [-0.2, -0.15) is 4.31 Å². The number of nitrogens with two attached hydrogens (primary N) is 1. The molecule has 0 saturated carbocycles. The Bertz CT molecular complexity index is 544. The minimum absolute atomic E-state index is 0.0643. The van der Waals surface area contributed by atoms with Crippen molar-refractivity contribution < 1.29 is 12.8 Å². The molecule has 1 heterocycles. The van der Waals surface area contributed by atoms with Gasteiger partial charge in [-0.3, -0.25) is 0 Å². The summed E-state index contributed by atoms with van der Waals surface area (Å²) in [5.74, 6) is -0.629. The van der Waals surface area contributed by atoms with E-state index in [0.29, 0.717) is 0 Å². The van der Waals surface area contributed by atoms with Gasteiger partial charge in [0.05, 0.1) is 4.90 Å². The quantitative estimate of drug-likeness (QED) is 0.849. The van der Waals surface area contributed by atoms with Crippen LogP contribution in [0, 0.1) is 5.82 Å². The van der Waals surface area contributed by atoms with Crippen molar-refractivity contribution in [3.05, 3.63) is 24.0 Å². The van der Waals surface area contributed by atoms with E-state index >= 15 is 0 Å². The monoisotopic (exact) mass is 286 g/mol. The van der Waals surface area contributed by atoms with Gasteiger partial charge in [0.15, 0.2) is 0 Å². The zero-order chi connectivity index (χ0) is 14.2. The van der Waals surface area contributed by atoms with Crippen LogP contribution >= 0.6 is 0 Å². The Morgan fingerprint density at radius 3 is 2.32 bits per heavy atom. The van der Waals surface area contributed by atoms with Gasteiger partial charge in [-0.15, -0.1) is 0 Å². The molecule has 19 heavy (non-hydrogen) atoms. The number of rotatable bonds is 2.